The summed E-state index contributed by atoms with van der Waals surface area (Å²) in [6.45, 7) is 4.04. The van der Waals surface area contributed by atoms with Crippen LogP contribution in [0.5, 0.6) is 0 Å². The first-order valence-electron chi connectivity index (χ1n) is 7.71. The summed E-state index contributed by atoms with van der Waals surface area (Å²) in [6.07, 6.45) is 1.90. The number of aliphatic hydroxyl groups is 1. The van der Waals surface area contributed by atoms with Gasteiger partial charge in [0.15, 0.2) is 17.5 Å². The van der Waals surface area contributed by atoms with Gasteiger partial charge < -0.3 is 9.63 Å². The van der Waals surface area contributed by atoms with E-state index < -0.39 is 17.5 Å². The molecule has 0 bridgehead atoms. The molecule has 8 heteroatoms. The van der Waals surface area contributed by atoms with E-state index in [9.17, 15) is 18.3 Å². The van der Waals surface area contributed by atoms with Crippen LogP contribution in [0.15, 0.2) is 16.7 Å². The predicted octanol–water partition coefficient (Wildman–Crippen LogP) is 2.75. The van der Waals surface area contributed by atoms with E-state index in [-0.39, 0.29) is 23.4 Å². The van der Waals surface area contributed by atoms with Gasteiger partial charge in [0.25, 0.3) is 0 Å². The molecule has 0 spiro atoms. The molecule has 1 saturated heterocycles. The zero-order chi connectivity index (χ0) is 17.3. The zero-order valence-corrected chi connectivity index (χ0v) is 13.2. The van der Waals surface area contributed by atoms with Crippen molar-refractivity contribution in [2.75, 3.05) is 19.7 Å². The summed E-state index contributed by atoms with van der Waals surface area (Å²) in [5.41, 5.74) is -0.148. The summed E-state index contributed by atoms with van der Waals surface area (Å²) in [7, 11) is 0. The van der Waals surface area contributed by atoms with Gasteiger partial charge in [0.1, 0.15) is 0 Å². The molecular formula is C16H18F3N3O2. The molecule has 0 saturated carbocycles. The summed E-state index contributed by atoms with van der Waals surface area (Å²) in [5.74, 6) is -3.82. The van der Waals surface area contributed by atoms with Gasteiger partial charge in [0, 0.05) is 24.1 Å². The minimum Gasteiger partial charge on any atom is -0.396 e. The molecule has 24 heavy (non-hydrogen) atoms. The number of aromatic nitrogens is 2. The average molecular weight is 341 g/mol. The highest BCUT2D eigenvalue weighted by Gasteiger charge is 2.31. The molecule has 2 heterocycles. The van der Waals surface area contributed by atoms with E-state index in [0.29, 0.717) is 19.0 Å². The van der Waals surface area contributed by atoms with Gasteiger partial charge in [-0.05, 0) is 31.5 Å². The van der Waals surface area contributed by atoms with Gasteiger partial charge in [-0.2, -0.15) is 4.98 Å². The number of piperidine rings is 1. The van der Waals surface area contributed by atoms with Crippen LogP contribution in [-0.4, -0.2) is 39.8 Å². The smallest absolute Gasteiger partial charge is 0.241 e. The van der Waals surface area contributed by atoms with Gasteiger partial charge in [0.05, 0.1) is 6.54 Å². The van der Waals surface area contributed by atoms with Crippen LogP contribution in [-0.2, 0) is 6.54 Å². The molecule has 1 fully saturated rings. The topological polar surface area (TPSA) is 62.4 Å². The molecule has 1 N–H and O–H groups in total. The third-order valence-electron chi connectivity index (χ3n) is 4.31. The van der Waals surface area contributed by atoms with Gasteiger partial charge in [-0.15, -0.1) is 0 Å². The Hall–Kier alpha value is -1.93. The van der Waals surface area contributed by atoms with Crippen LogP contribution in [0.25, 0.3) is 11.4 Å². The number of halogens is 3. The first kappa shape index (κ1) is 16.9. The van der Waals surface area contributed by atoms with Gasteiger partial charge in [-0.25, -0.2) is 13.2 Å². The molecule has 130 valence electrons. The fourth-order valence-electron chi connectivity index (χ4n) is 3.00. The van der Waals surface area contributed by atoms with Crippen molar-refractivity contribution in [1.82, 2.24) is 15.0 Å². The van der Waals surface area contributed by atoms with Crippen LogP contribution in [0.2, 0.25) is 0 Å². The summed E-state index contributed by atoms with van der Waals surface area (Å²) >= 11 is 0. The van der Waals surface area contributed by atoms with Crippen molar-refractivity contribution in [3.8, 4) is 11.4 Å². The fraction of sp³-hybridized carbons (Fsp3) is 0.500. The Morgan fingerprint density at radius 3 is 2.67 bits per heavy atom. The lowest BCUT2D eigenvalue weighted by atomic mass is 9.83. The molecule has 1 atom stereocenters. The van der Waals surface area contributed by atoms with Crippen molar-refractivity contribution in [2.24, 2.45) is 5.41 Å². The lowest BCUT2D eigenvalue weighted by Gasteiger charge is -2.38. The van der Waals surface area contributed by atoms with Crippen molar-refractivity contribution in [3.63, 3.8) is 0 Å². The van der Waals surface area contributed by atoms with Crippen LogP contribution in [0.1, 0.15) is 25.7 Å². The zero-order valence-electron chi connectivity index (χ0n) is 13.2. The normalized spacial score (nSPS) is 22.0. The van der Waals surface area contributed by atoms with Gasteiger partial charge in [-0.3, -0.25) is 4.90 Å². The van der Waals surface area contributed by atoms with E-state index >= 15 is 0 Å². The van der Waals surface area contributed by atoms with Crippen LogP contribution in [0.4, 0.5) is 13.2 Å². The molecular weight excluding hydrogens is 323 g/mol. The second-order valence-corrected chi connectivity index (χ2v) is 6.55. The maximum absolute atomic E-state index is 13.3. The highest BCUT2D eigenvalue weighted by Crippen LogP contribution is 2.29. The second-order valence-electron chi connectivity index (χ2n) is 6.55. The van der Waals surface area contributed by atoms with Crippen LogP contribution < -0.4 is 0 Å². The quantitative estimate of drug-likeness (QED) is 0.867. The summed E-state index contributed by atoms with van der Waals surface area (Å²) in [6, 6.07) is 1.66. The SMILES string of the molecule is CC1(CO)CCCN(Cc2nc(-c3cc(F)c(F)c(F)c3)no2)C1. The Labute approximate surface area is 137 Å². The van der Waals surface area contributed by atoms with Crippen LogP contribution in [0, 0.1) is 22.9 Å². The maximum atomic E-state index is 13.3. The maximum Gasteiger partial charge on any atom is 0.241 e. The van der Waals surface area contributed by atoms with E-state index in [2.05, 4.69) is 15.0 Å². The lowest BCUT2D eigenvalue weighted by Crippen LogP contribution is -2.43. The van der Waals surface area contributed by atoms with Crippen molar-refractivity contribution < 1.29 is 22.8 Å². The lowest BCUT2D eigenvalue weighted by molar-refractivity contribution is 0.0382. The first-order chi connectivity index (χ1) is 11.4. The number of hydrogen-bond acceptors (Lipinski definition) is 5. The van der Waals surface area contributed by atoms with Crippen molar-refractivity contribution in [3.05, 3.63) is 35.5 Å². The number of nitrogens with zero attached hydrogens (tertiary/aromatic N) is 3. The number of hydrogen-bond donors (Lipinski definition) is 1. The highest BCUT2D eigenvalue weighted by molar-refractivity contribution is 5.54. The molecule has 1 aliphatic heterocycles. The van der Waals surface area contributed by atoms with Crippen molar-refractivity contribution >= 4 is 0 Å². The largest absolute Gasteiger partial charge is 0.396 e. The summed E-state index contributed by atoms with van der Waals surface area (Å²) < 4.78 is 44.7. The van der Waals surface area contributed by atoms with Crippen LogP contribution in [0.3, 0.4) is 0 Å². The molecule has 1 aromatic heterocycles. The van der Waals surface area contributed by atoms with E-state index in [1.54, 1.807) is 0 Å². The Kier molecular flexibility index (Phi) is 4.60. The predicted molar refractivity (Wildman–Crippen MR) is 79.3 cm³/mol. The molecule has 0 amide bonds. The fourth-order valence-corrected chi connectivity index (χ4v) is 3.00. The Bertz CT molecular complexity index is 714. The molecule has 1 aliphatic rings. The summed E-state index contributed by atoms with van der Waals surface area (Å²) in [5, 5.41) is 13.2. The Morgan fingerprint density at radius 1 is 1.29 bits per heavy atom. The third kappa shape index (κ3) is 3.44. The monoisotopic (exact) mass is 341 g/mol. The number of benzene rings is 1. The van der Waals surface area contributed by atoms with E-state index in [1.165, 1.54) is 0 Å². The minimum atomic E-state index is -1.53. The number of likely N-dealkylation sites (tertiary alicyclic amines) is 1. The van der Waals surface area contributed by atoms with E-state index in [1.807, 2.05) is 6.92 Å². The molecule has 0 radical (unpaired) electrons. The number of rotatable bonds is 4. The Morgan fingerprint density at radius 2 is 2.00 bits per heavy atom. The molecule has 2 aromatic rings. The molecule has 1 aromatic carbocycles. The van der Waals surface area contributed by atoms with Crippen LogP contribution >= 0.6 is 0 Å². The molecule has 3 rings (SSSR count). The van der Waals surface area contributed by atoms with Gasteiger partial charge in [0.2, 0.25) is 11.7 Å². The van der Waals surface area contributed by atoms with Gasteiger partial charge in [-0.1, -0.05) is 12.1 Å². The van der Waals surface area contributed by atoms with Crippen molar-refractivity contribution in [1.29, 1.82) is 0 Å². The standard InChI is InChI=1S/C16H18F3N3O2/c1-16(9-23)3-2-4-22(8-16)7-13-20-15(21-24-13)10-5-11(17)14(19)12(18)6-10/h5-6,23H,2-4,7-9H2,1H3. The molecule has 5 nitrogen and oxygen atoms in total. The first-order valence-corrected chi connectivity index (χ1v) is 7.71. The average Bonchev–Trinajstić information content (AvgIpc) is 3.01. The van der Waals surface area contributed by atoms with E-state index in [4.69, 9.17) is 4.52 Å². The third-order valence-corrected chi connectivity index (χ3v) is 4.31. The van der Waals surface area contributed by atoms with E-state index in [0.717, 1.165) is 31.5 Å². The molecule has 0 aliphatic carbocycles. The second kappa shape index (κ2) is 6.52. The summed E-state index contributed by atoms with van der Waals surface area (Å²) in [4.78, 5) is 6.21. The minimum absolute atomic E-state index is 0.00438. The molecule has 1 unspecified atom stereocenters. The van der Waals surface area contributed by atoms with Crippen molar-refractivity contribution in [2.45, 2.75) is 26.3 Å². The highest BCUT2D eigenvalue weighted by atomic mass is 19.2. The van der Waals surface area contributed by atoms with Gasteiger partial charge >= 0.3 is 0 Å². The number of aliphatic hydroxyl groups excluding tert-OH is 1. The Balaban J connectivity index is 1.74.